The molecule has 6 heteroatoms. The van der Waals surface area contributed by atoms with Gasteiger partial charge in [-0.2, -0.15) is 0 Å². The number of nitrogens with two attached hydrogens (primary N) is 1. The predicted octanol–water partition coefficient (Wildman–Crippen LogP) is 1.46. The molecule has 19 heavy (non-hydrogen) atoms. The predicted molar refractivity (Wildman–Crippen MR) is 73.3 cm³/mol. The van der Waals surface area contributed by atoms with Gasteiger partial charge >= 0.3 is 0 Å². The van der Waals surface area contributed by atoms with Crippen LogP contribution in [0.5, 0.6) is 0 Å². The largest absolute Gasteiger partial charge is 0.348 e. The Bertz CT molecular complexity index is 420. The molecule has 2 rings (SSSR count). The summed E-state index contributed by atoms with van der Waals surface area (Å²) >= 11 is 0. The molecule has 0 radical (unpaired) electrons. The van der Waals surface area contributed by atoms with E-state index in [1.54, 1.807) is 0 Å². The molecule has 1 amide bonds. The summed E-state index contributed by atoms with van der Waals surface area (Å²) in [6.07, 6.45) is 8.58. The zero-order valence-electron chi connectivity index (χ0n) is 11.2. The summed E-state index contributed by atoms with van der Waals surface area (Å²) in [7, 11) is 0. The van der Waals surface area contributed by atoms with Gasteiger partial charge in [0.1, 0.15) is 5.69 Å². The SMILES string of the molecule is CC1CCCC(NC(=O)c2cnc(NN)cn2)CC1. The second-order valence-electron chi connectivity index (χ2n) is 5.22. The third-order valence-corrected chi connectivity index (χ3v) is 3.63. The molecule has 0 saturated heterocycles. The van der Waals surface area contributed by atoms with Crippen LogP contribution >= 0.6 is 0 Å². The Balaban J connectivity index is 1.92. The van der Waals surface area contributed by atoms with Crippen LogP contribution in [0.2, 0.25) is 0 Å². The average molecular weight is 263 g/mol. The number of hydrazine groups is 1. The molecule has 4 N–H and O–H groups in total. The number of amides is 1. The van der Waals surface area contributed by atoms with E-state index >= 15 is 0 Å². The molecule has 2 unspecified atom stereocenters. The summed E-state index contributed by atoms with van der Waals surface area (Å²) in [5, 5.41) is 3.04. The van der Waals surface area contributed by atoms with E-state index in [1.807, 2.05) is 0 Å². The number of aromatic nitrogens is 2. The molecule has 0 aromatic carbocycles. The van der Waals surface area contributed by atoms with Crippen molar-refractivity contribution in [1.82, 2.24) is 15.3 Å². The highest BCUT2D eigenvalue weighted by atomic mass is 16.1. The van der Waals surface area contributed by atoms with E-state index in [-0.39, 0.29) is 11.9 Å². The standard InChI is InChI=1S/C13H21N5O/c1-9-3-2-4-10(6-5-9)17-13(19)11-7-16-12(18-14)8-15-11/h7-10H,2-6,14H2,1H3,(H,16,18)(H,17,19). The van der Waals surface area contributed by atoms with Crippen molar-refractivity contribution in [2.45, 2.75) is 45.1 Å². The van der Waals surface area contributed by atoms with Gasteiger partial charge < -0.3 is 10.7 Å². The number of carbonyl (C=O) groups is 1. The summed E-state index contributed by atoms with van der Waals surface area (Å²) in [6.45, 7) is 2.27. The van der Waals surface area contributed by atoms with Crippen LogP contribution in [0.15, 0.2) is 12.4 Å². The highest BCUT2D eigenvalue weighted by molar-refractivity contribution is 5.92. The van der Waals surface area contributed by atoms with Crippen LogP contribution in [0.3, 0.4) is 0 Å². The lowest BCUT2D eigenvalue weighted by molar-refractivity contribution is 0.0927. The van der Waals surface area contributed by atoms with Crippen LogP contribution in [-0.4, -0.2) is 21.9 Å². The zero-order chi connectivity index (χ0) is 13.7. The first-order chi connectivity index (χ1) is 9.19. The lowest BCUT2D eigenvalue weighted by Crippen LogP contribution is -2.35. The quantitative estimate of drug-likeness (QED) is 0.436. The van der Waals surface area contributed by atoms with E-state index in [9.17, 15) is 4.79 Å². The smallest absolute Gasteiger partial charge is 0.271 e. The summed E-state index contributed by atoms with van der Waals surface area (Å²) in [4.78, 5) is 20.1. The summed E-state index contributed by atoms with van der Waals surface area (Å²) in [5.74, 6) is 6.25. The molecule has 1 aromatic rings. The minimum atomic E-state index is -0.157. The van der Waals surface area contributed by atoms with Crippen LogP contribution < -0.4 is 16.6 Å². The molecule has 0 bridgehead atoms. The number of nitrogens with one attached hydrogen (secondary N) is 2. The first kappa shape index (κ1) is 13.7. The molecule has 104 valence electrons. The van der Waals surface area contributed by atoms with Gasteiger partial charge in [0.05, 0.1) is 12.4 Å². The van der Waals surface area contributed by atoms with Crippen LogP contribution in [0.4, 0.5) is 5.82 Å². The van der Waals surface area contributed by atoms with Gasteiger partial charge in [0.25, 0.3) is 5.91 Å². The number of nitrogen functional groups attached to an aromatic ring is 1. The highest BCUT2D eigenvalue weighted by Gasteiger charge is 2.19. The summed E-state index contributed by atoms with van der Waals surface area (Å²) in [5.41, 5.74) is 2.71. The van der Waals surface area contributed by atoms with E-state index < -0.39 is 0 Å². The van der Waals surface area contributed by atoms with Crippen molar-refractivity contribution in [3.8, 4) is 0 Å². The Morgan fingerprint density at radius 3 is 2.79 bits per heavy atom. The average Bonchev–Trinajstić information content (AvgIpc) is 2.64. The third-order valence-electron chi connectivity index (χ3n) is 3.63. The fraction of sp³-hybridized carbons (Fsp3) is 0.615. The molecule has 1 heterocycles. The molecule has 1 aliphatic rings. The lowest BCUT2D eigenvalue weighted by Gasteiger charge is -2.16. The van der Waals surface area contributed by atoms with E-state index in [4.69, 9.17) is 5.84 Å². The van der Waals surface area contributed by atoms with Crippen molar-refractivity contribution in [1.29, 1.82) is 0 Å². The number of hydrogen-bond donors (Lipinski definition) is 3. The number of rotatable bonds is 3. The van der Waals surface area contributed by atoms with Crippen LogP contribution in [0, 0.1) is 5.92 Å². The Morgan fingerprint density at radius 2 is 2.11 bits per heavy atom. The number of nitrogens with zero attached hydrogens (tertiary/aromatic N) is 2. The van der Waals surface area contributed by atoms with Crippen LogP contribution in [0.1, 0.15) is 49.5 Å². The van der Waals surface area contributed by atoms with Gasteiger partial charge in [-0.1, -0.05) is 19.8 Å². The molecule has 6 nitrogen and oxygen atoms in total. The van der Waals surface area contributed by atoms with Gasteiger partial charge in [-0.15, -0.1) is 0 Å². The Labute approximate surface area is 113 Å². The summed E-state index contributed by atoms with van der Waals surface area (Å²) < 4.78 is 0. The van der Waals surface area contributed by atoms with Gasteiger partial charge in [-0.3, -0.25) is 4.79 Å². The van der Waals surface area contributed by atoms with Gasteiger partial charge in [0.2, 0.25) is 0 Å². The Hall–Kier alpha value is -1.69. The van der Waals surface area contributed by atoms with Crippen molar-refractivity contribution < 1.29 is 4.79 Å². The molecule has 0 spiro atoms. The van der Waals surface area contributed by atoms with Crippen molar-refractivity contribution >= 4 is 11.7 Å². The molecule has 2 atom stereocenters. The molecule has 0 aliphatic heterocycles. The molecule has 1 aliphatic carbocycles. The van der Waals surface area contributed by atoms with Crippen molar-refractivity contribution in [3.05, 3.63) is 18.1 Å². The Kier molecular flexibility index (Phi) is 4.68. The normalized spacial score (nSPS) is 23.5. The van der Waals surface area contributed by atoms with Crippen LogP contribution in [0.25, 0.3) is 0 Å². The fourth-order valence-electron chi connectivity index (χ4n) is 2.41. The topological polar surface area (TPSA) is 92.9 Å². The van der Waals surface area contributed by atoms with E-state index in [0.29, 0.717) is 11.5 Å². The van der Waals surface area contributed by atoms with Gasteiger partial charge in [0.15, 0.2) is 5.82 Å². The molecular formula is C13H21N5O. The van der Waals surface area contributed by atoms with Crippen LogP contribution in [-0.2, 0) is 0 Å². The maximum absolute atomic E-state index is 12.0. The second kappa shape index (κ2) is 6.47. The minimum Gasteiger partial charge on any atom is -0.348 e. The highest BCUT2D eigenvalue weighted by Crippen LogP contribution is 2.22. The van der Waals surface area contributed by atoms with E-state index in [2.05, 4.69) is 27.6 Å². The molecular weight excluding hydrogens is 242 g/mol. The first-order valence-corrected chi connectivity index (χ1v) is 6.78. The molecule has 1 fully saturated rings. The number of anilines is 1. The monoisotopic (exact) mass is 263 g/mol. The maximum atomic E-state index is 12.0. The van der Waals surface area contributed by atoms with Gasteiger partial charge in [-0.25, -0.2) is 15.8 Å². The molecule has 1 aromatic heterocycles. The second-order valence-corrected chi connectivity index (χ2v) is 5.22. The van der Waals surface area contributed by atoms with Gasteiger partial charge in [0, 0.05) is 6.04 Å². The first-order valence-electron chi connectivity index (χ1n) is 6.78. The van der Waals surface area contributed by atoms with Crippen molar-refractivity contribution in [2.24, 2.45) is 11.8 Å². The third kappa shape index (κ3) is 3.89. The van der Waals surface area contributed by atoms with Crippen molar-refractivity contribution in [2.75, 3.05) is 5.43 Å². The van der Waals surface area contributed by atoms with Gasteiger partial charge in [-0.05, 0) is 25.2 Å². The number of carbonyl (C=O) groups excluding carboxylic acids is 1. The lowest BCUT2D eigenvalue weighted by atomic mass is 10.0. The van der Waals surface area contributed by atoms with Crippen molar-refractivity contribution in [3.63, 3.8) is 0 Å². The number of hydrogen-bond acceptors (Lipinski definition) is 5. The minimum absolute atomic E-state index is 0.157. The van der Waals surface area contributed by atoms with E-state index in [0.717, 1.165) is 18.8 Å². The molecule has 1 saturated carbocycles. The maximum Gasteiger partial charge on any atom is 0.271 e. The summed E-state index contributed by atoms with van der Waals surface area (Å²) in [6, 6.07) is 0.256. The Morgan fingerprint density at radius 1 is 1.26 bits per heavy atom. The fourth-order valence-corrected chi connectivity index (χ4v) is 2.41. The van der Waals surface area contributed by atoms with E-state index in [1.165, 1.54) is 31.7 Å². The zero-order valence-corrected chi connectivity index (χ0v) is 11.2.